The summed E-state index contributed by atoms with van der Waals surface area (Å²) in [5.41, 5.74) is 19.9. The second-order valence-electron chi connectivity index (χ2n) is 22.6. The lowest BCUT2D eigenvalue weighted by Crippen LogP contribution is -2.65. The van der Waals surface area contributed by atoms with Crippen molar-refractivity contribution in [2.75, 3.05) is 24.5 Å². The van der Waals surface area contributed by atoms with Gasteiger partial charge in [0, 0.05) is 83.6 Å². The Morgan fingerprint density at radius 1 is 0.307 bits per heavy atom. The molecule has 5 nitrogen and oxygen atoms in total. The van der Waals surface area contributed by atoms with Crippen molar-refractivity contribution < 1.29 is 8.78 Å². The van der Waals surface area contributed by atoms with Crippen LogP contribution < -0.4 is 57.3 Å². The van der Waals surface area contributed by atoms with Crippen molar-refractivity contribution in [3.63, 3.8) is 0 Å². The monoisotopic (exact) mass is 1150 g/mol. The maximum absolute atomic E-state index is 20.5. The fraction of sp³-hybridized carbons (Fsp3) is 0. The van der Waals surface area contributed by atoms with Crippen LogP contribution in [0.5, 0.6) is 0 Å². The largest absolute Gasteiger partial charge is 0.311 e. The number of hydrogen-bond donors (Lipinski definition) is 0. The number of hydrogen-bond acceptors (Lipinski definition) is 6. The van der Waals surface area contributed by atoms with E-state index in [0.29, 0.717) is 21.8 Å². The van der Waals surface area contributed by atoms with Crippen LogP contribution in [0.1, 0.15) is 0 Å². The third kappa shape index (κ3) is 8.16. The standard InChI is InChI=1S/C78H51B2F2N5S/c81-66-44-26-41-61(52-27-8-1-9-28-52)76(66)87-70-48-59(83(53-29-10-2-11-30-53)54-31-12-3-13-32-54)47-69-73(70)79(62-42-22-24-45-67(62)85(69)57-37-18-6-19-38-57)64-51-65-78(75(82)77(64)87)88-72-50-60(84(55-33-14-4-15-34-55)56-35-16-5-17-36-56)49-71-74(72)80(65)63-43-23-25-46-68(63)86(71)58-39-20-7-21-40-58/h1-51H. The van der Waals surface area contributed by atoms with Crippen LogP contribution in [0.4, 0.5) is 94.1 Å². The molecule has 0 saturated heterocycles. The molecule has 0 N–H and O–H groups in total. The Balaban J connectivity index is 0.994. The van der Waals surface area contributed by atoms with Crippen molar-refractivity contribution in [3.05, 3.63) is 321 Å². The second-order valence-corrected chi connectivity index (χ2v) is 23.7. The Bertz CT molecular complexity index is 4760. The van der Waals surface area contributed by atoms with Gasteiger partial charge in [-0.1, -0.05) is 211 Å². The molecule has 0 saturated carbocycles. The molecule has 88 heavy (non-hydrogen) atoms. The molecule has 17 rings (SSSR count). The van der Waals surface area contributed by atoms with Gasteiger partial charge in [-0.05, 0) is 148 Å². The number of nitrogens with zero attached hydrogens (tertiary/aromatic N) is 5. The van der Waals surface area contributed by atoms with E-state index in [1.54, 1.807) is 6.07 Å². The summed E-state index contributed by atoms with van der Waals surface area (Å²) in [6, 6.07) is 106. The van der Waals surface area contributed by atoms with Gasteiger partial charge in [0.25, 0.3) is 6.71 Å². The Labute approximate surface area is 515 Å². The minimum atomic E-state index is -0.506. The third-order valence-corrected chi connectivity index (χ3v) is 18.9. The van der Waals surface area contributed by atoms with Crippen LogP contribution in [-0.4, -0.2) is 13.4 Å². The topological polar surface area (TPSA) is 16.2 Å². The predicted octanol–water partition coefficient (Wildman–Crippen LogP) is 17.4. The molecular formula is C78H51B2F2N5S. The zero-order chi connectivity index (χ0) is 58.4. The van der Waals surface area contributed by atoms with Crippen LogP contribution >= 0.6 is 11.8 Å². The van der Waals surface area contributed by atoms with Crippen LogP contribution in [0.2, 0.25) is 0 Å². The molecule has 13 aromatic rings. The number of benzene rings is 13. The molecule has 10 heteroatoms. The van der Waals surface area contributed by atoms with Crippen molar-refractivity contribution in [2.45, 2.75) is 9.79 Å². The number of halogens is 2. The number of fused-ring (bicyclic) bond motifs is 8. The lowest BCUT2D eigenvalue weighted by molar-refractivity contribution is 0.603. The summed E-state index contributed by atoms with van der Waals surface area (Å²) in [5.74, 6) is -0.885. The van der Waals surface area contributed by atoms with E-state index < -0.39 is 25.1 Å². The van der Waals surface area contributed by atoms with E-state index >= 15 is 8.78 Å². The molecule has 4 aliphatic rings. The van der Waals surface area contributed by atoms with Gasteiger partial charge in [0.15, 0.2) is 5.82 Å². The first-order valence-electron chi connectivity index (χ1n) is 29.8. The molecule has 4 heterocycles. The molecule has 13 aromatic carbocycles. The Morgan fingerprint density at radius 2 is 0.716 bits per heavy atom. The van der Waals surface area contributed by atoms with Crippen molar-refractivity contribution >= 4 is 143 Å². The van der Waals surface area contributed by atoms with E-state index in [0.717, 1.165) is 111 Å². The highest BCUT2D eigenvalue weighted by Crippen LogP contribution is 2.53. The smallest absolute Gasteiger partial charge is 0.252 e. The molecule has 0 aliphatic carbocycles. The molecular weight excluding hydrogens is 1100 g/mol. The Kier molecular flexibility index (Phi) is 12.3. The fourth-order valence-electron chi connectivity index (χ4n) is 14.2. The van der Waals surface area contributed by atoms with Crippen LogP contribution in [0.3, 0.4) is 0 Å². The minimum absolute atomic E-state index is 0.261. The van der Waals surface area contributed by atoms with Crippen molar-refractivity contribution in [1.29, 1.82) is 0 Å². The molecule has 0 aromatic heterocycles. The predicted molar refractivity (Wildman–Crippen MR) is 365 cm³/mol. The van der Waals surface area contributed by atoms with E-state index in [4.69, 9.17) is 0 Å². The van der Waals surface area contributed by atoms with Crippen molar-refractivity contribution in [2.24, 2.45) is 0 Å². The number of anilines is 15. The summed E-state index contributed by atoms with van der Waals surface area (Å²) in [4.78, 5) is 12.7. The van der Waals surface area contributed by atoms with Crippen LogP contribution in [0, 0.1) is 11.6 Å². The van der Waals surface area contributed by atoms with E-state index in [1.165, 1.54) is 17.8 Å². The first-order chi connectivity index (χ1) is 43.6. The first-order valence-corrected chi connectivity index (χ1v) is 30.6. The van der Waals surface area contributed by atoms with Crippen molar-refractivity contribution in [1.82, 2.24) is 0 Å². The van der Waals surface area contributed by atoms with Crippen molar-refractivity contribution in [3.8, 4) is 11.1 Å². The van der Waals surface area contributed by atoms with Gasteiger partial charge in [-0.2, -0.15) is 0 Å². The molecule has 0 amide bonds. The highest BCUT2D eigenvalue weighted by Gasteiger charge is 2.50. The molecule has 0 spiro atoms. The number of rotatable bonds is 10. The lowest BCUT2D eigenvalue weighted by Gasteiger charge is -2.46. The SMILES string of the molecule is Fc1cccc(-c2ccccc2)c1N1c2cc(N(c3ccccc3)c3ccccc3)cc3c2B(c2ccccc2N3c2ccccc2)c2cc3c(c(F)c21)Sc1cc(N(c2ccccc2)c2ccccc2)cc2c1B3c1ccccc1N2c1ccccc1. The van der Waals surface area contributed by atoms with E-state index in [-0.39, 0.29) is 5.69 Å². The summed E-state index contributed by atoms with van der Waals surface area (Å²) in [7, 11) is 0. The van der Waals surface area contributed by atoms with E-state index in [9.17, 15) is 0 Å². The molecule has 0 radical (unpaired) electrons. The van der Waals surface area contributed by atoms with E-state index in [2.05, 4.69) is 250 Å². The van der Waals surface area contributed by atoms with Crippen LogP contribution in [-0.2, 0) is 0 Å². The lowest BCUT2D eigenvalue weighted by atomic mass is 9.31. The summed E-state index contributed by atoms with van der Waals surface area (Å²) < 4.78 is 38.8. The quantitative estimate of drug-likeness (QED) is 0.126. The normalized spacial score (nSPS) is 13.0. The molecule has 414 valence electrons. The molecule has 0 unspecified atom stereocenters. The first kappa shape index (κ1) is 51.6. The average molecular weight is 1150 g/mol. The highest BCUT2D eigenvalue weighted by molar-refractivity contribution is 8.00. The molecule has 0 fully saturated rings. The van der Waals surface area contributed by atoms with Gasteiger partial charge in [-0.3, -0.25) is 0 Å². The Hall–Kier alpha value is -10.8. The van der Waals surface area contributed by atoms with Gasteiger partial charge in [0.05, 0.1) is 17.1 Å². The second kappa shape index (κ2) is 21.0. The third-order valence-electron chi connectivity index (χ3n) is 17.7. The van der Waals surface area contributed by atoms with E-state index in [1.807, 2.05) is 71.6 Å². The maximum atomic E-state index is 20.5. The minimum Gasteiger partial charge on any atom is -0.311 e. The van der Waals surface area contributed by atoms with Gasteiger partial charge in [0.2, 0.25) is 6.71 Å². The van der Waals surface area contributed by atoms with Crippen LogP contribution in [0.15, 0.2) is 319 Å². The molecule has 4 aliphatic heterocycles. The summed E-state index contributed by atoms with van der Waals surface area (Å²) in [6.07, 6.45) is 0. The molecule has 0 bridgehead atoms. The van der Waals surface area contributed by atoms with Gasteiger partial charge in [-0.15, -0.1) is 0 Å². The van der Waals surface area contributed by atoms with Gasteiger partial charge >= 0.3 is 0 Å². The highest BCUT2D eigenvalue weighted by atomic mass is 32.2. The maximum Gasteiger partial charge on any atom is 0.252 e. The van der Waals surface area contributed by atoms with Crippen LogP contribution in [0.25, 0.3) is 11.1 Å². The van der Waals surface area contributed by atoms with Gasteiger partial charge in [0.1, 0.15) is 5.82 Å². The Morgan fingerprint density at radius 3 is 1.22 bits per heavy atom. The van der Waals surface area contributed by atoms with Gasteiger partial charge < -0.3 is 24.5 Å². The number of para-hydroxylation sites is 9. The zero-order valence-corrected chi connectivity index (χ0v) is 48.3. The molecule has 0 atom stereocenters. The zero-order valence-electron chi connectivity index (χ0n) is 47.5. The summed E-state index contributed by atoms with van der Waals surface area (Å²) in [6.45, 7) is -0.906. The summed E-state index contributed by atoms with van der Waals surface area (Å²) >= 11 is 1.47. The van der Waals surface area contributed by atoms with Gasteiger partial charge in [-0.25, -0.2) is 8.78 Å². The fourth-order valence-corrected chi connectivity index (χ4v) is 15.4. The summed E-state index contributed by atoms with van der Waals surface area (Å²) in [5, 5.41) is 0. The average Bonchev–Trinajstić information content (AvgIpc) is 0.727.